The third kappa shape index (κ3) is 10.9. The summed E-state index contributed by atoms with van der Waals surface area (Å²) in [5.41, 5.74) is 0. The summed E-state index contributed by atoms with van der Waals surface area (Å²) in [7, 11) is 120. The lowest BCUT2D eigenvalue weighted by atomic mass is 8.28. The predicted molar refractivity (Wildman–Crippen MR) is 221 cm³/mol. The molecule has 0 unspecified atom stereocenters. The summed E-state index contributed by atoms with van der Waals surface area (Å²) in [6.45, 7) is 0. The van der Waals surface area contributed by atoms with Gasteiger partial charge in [-0.25, -0.2) is 0 Å². The third-order valence-electron chi connectivity index (χ3n) is 7.66. The smallest absolute Gasteiger partial charge is 0.0000000000000000204 e. The molecular formula is H2B38. The molecule has 0 fully saturated rings. The van der Waals surface area contributed by atoms with Crippen molar-refractivity contribution < 1.29 is 0 Å². The predicted octanol–water partition coefficient (Wildman–Crippen LogP) is -15.0. The number of hydrogen-bond donors (Lipinski definition) is 0. The van der Waals surface area contributed by atoms with Gasteiger partial charge < -0.3 is 0 Å². The topological polar surface area (TPSA) is 0 Å². The molecule has 38 heavy (non-hydrogen) atoms. The lowest BCUT2D eigenvalue weighted by Gasteiger charge is -2.53. The third-order valence-corrected chi connectivity index (χ3v) is 7.66. The zero-order valence-corrected chi connectivity index (χ0v) is 22.2. The summed E-state index contributed by atoms with van der Waals surface area (Å²) in [5.74, 6) is 0. The van der Waals surface area contributed by atoms with Gasteiger partial charge in [-0.05, 0) is 0 Å². The second-order valence-electron chi connectivity index (χ2n) is 10.6. The molecule has 0 atom stereocenters. The van der Waals surface area contributed by atoms with Crippen LogP contribution in [0.5, 0.6) is 0 Å². The molecule has 0 saturated heterocycles. The van der Waals surface area contributed by atoms with Gasteiger partial charge in [0.25, 0.3) is 0 Å². The lowest BCUT2D eigenvalue weighted by molar-refractivity contribution is 3.22. The molecule has 0 aliphatic rings. The molecule has 38 radical (unpaired) electrons. The molecule has 0 N–H and O–H groups in total. The molecule has 0 amide bonds. The maximum atomic E-state index is 6.27. The minimum Gasteiger partial charge on any atom is 0.0000000000000000204 e. The largest absolute Gasteiger partial charge is 0.0326 e. The molecule has 0 rings (SSSR count). The van der Waals surface area contributed by atoms with E-state index in [0.717, 1.165) is 0 Å². The van der Waals surface area contributed by atoms with Crippen molar-refractivity contribution in [2.45, 2.75) is 0 Å². The summed E-state index contributed by atoms with van der Waals surface area (Å²) in [6.07, 6.45) is -18.4. The van der Waals surface area contributed by atoms with Crippen LogP contribution < -0.4 is 0 Å². The van der Waals surface area contributed by atoms with Crippen LogP contribution in [0, 0.1) is 0 Å². The van der Waals surface area contributed by atoms with Crippen molar-refractivity contribution in [3.8, 4) is 0 Å². The van der Waals surface area contributed by atoms with Crippen LogP contribution in [0.25, 0.3) is 0 Å². The van der Waals surface area contributed by atoms with Gasteiger partial charge in [0, 0.05) is 270 Å². The molecule has 0 aliphatic carbocycles. The Labute approximate surface area is 268 Å². The summed E-state index contributed by atoms with van der Waals surface area (Å²) in [5, 5.41) is 0. The quantitative estimate of drug-likeness (QED) is 0.208. The molecule has 0 aromatic heterocycles. The Bertz CT molecular complexity index is 478. The van der Waals surface area contributed by atoms with Crippen LogP contribution in [0.3, 0.4) is 0 Å². The summed E-state index contributed by atoms with van der Waals surface area (Å²) in [6, 6.07) is 0. The molecule has 0 spiro atoms. The summed E-state index contributed by atoms with van der Waals surface area (Å²) >= 11 is 0. The Morgan fingerprint density at radius 2 is 0.342 bits per heavy atom. The van der Waals surface area contributed by atoms with Gasteiger partial charge in [-0.2, -0.15) is 0 Å². The second-order valence-corrected chi connectivity index (χ2v) is 10.6. The van der Waals surface area contributed by atoms with E-state index in [-0.39, 0.29) is 0 Å². The fourth-order valence-electron chi connectivity index (χ4n) is 6.27. The molecule has 38 heteroatoms. The fourth-order valence-corrected chi connectivity index (χ4v) is 6.27. The standard InChI is InChI=1S/B38H2/c1-21(2)31(22(3)4)36(32(23(5)6)24(7)8)38(35(29(17)18)30(19)20)37(33(25(9)10)26(11)12)34(27(13)14)28(15)16/h1-2H. The van der Waals surface area contributed by atoms with Crippen LogP contribution in [-0.2, 0) is 0 Å². The van der Waals surface area contributed by atoms with Gasteiger partial charge in [0.2, 0.25) is 0 Å². The lowest BCUT2D eigenvalue weighted by Crippen LogP contribution is -2.92. The molecule has 0 heterocycles. The van der Waals surface area contributed by atoms with Gasteiger partial charge in [-0.3, -0.25) is 0 Å². The highest BCUT2D eigenvalue weighted by molar-refractivity contribution is 8.31. The van der Waals surface area contributed by atoms with Crippen molar-refractivity contribution >= 4 is 270 Å². The first-order valence-electron chi connectivity index (χ1n) is 12.5. The Morgan fingerprint density at radius 3 is 0.474 bits per heavy atom. The first-order valence-corrected chi connectivity index (χ1v) is 12.5. The van der Waals surface area contributed by atoms with Crippen LogP contribution in [0.1, 0.15) is 0 Å². The van der Waals surface area contributed by atoms with Crippen molar-refractivity contribution in [2.24, 2.45) is 0 Å². The monoisotopic (exact) mass is 420 g/mol. The van der Waals surface area contributed by atoms with Gasteiger partial charge in [0.1, 0.15) is 0 Å². The van der Waals surface area contributed by atoms with E-state index in [2.05, 4.69) is 15.5 Å². The van der Waals surface area contributed by atoms with Crippen LogP contribution in [0.15, 0.2) is 0 Å². The zero-order valence-electron chi connectivity index (χ0n) is 22.2. The highest BCUT2D eigenvalue weighted by Crippen LogP contribution is 2.18. The Morgan fingerprint density at radius 1 is 0.211 bits per heavy atom. The van der Waals surface area contributed by atoms with Gasteiger partial charge in [0.05, 0.1) is 0 Å². The first kappa shape index (κ1) is 40.5. The Balaban J connectivity index is 8.12. The van der Waals surface area contributed by atoms with Gasteiger partial charge in [-0.1, -0.05) is 0 Å². The molecule has 0 aromatic rings. The first-order chi connectivity index (χ1) is 17.2. The number of hydrogen-bond acceptors (Lipinski definition) is 0. The normalized spacial score (nSPS) is 9.58. The van der Waals surface area contributed by atoms with Crippen LogP contribution in [-0.4, -0.2) is 270 Å². The van der Waals surface area contributed by atoms with Gasteiger partial charge >= 0.3 is 0 Å². The Hall–Kier alpha value is 2.47. The molecule has 0 bridgehead atoms. The summed E-state index contributed by atoms with van der Waals surface area (Å²) in [4.78, 5) is 0. The second kappa shape index (κ2) is 18.3. The minimum atomic E-state index is -1.16. The van der Waals surface area contributed by atoms with E-state index in [4.69, 9.17) is 139 Å². The highest BCUT2D eigenvalue weighted by atomic mass is 13.4. The van der Waals surface area contributed by atoms with E-state index in [1.807, 2.05) is 0 Å². The van der Waals surface area contributed by atoms with Crippen molar-refractivity contribution in [2.75, 3.05) is 0 Å². The van der Waals surface area contributed by atoms with Crippen molar-refractivity contribution in [3.63, 3.8) is 0 Å². The van der Waals surface area contributed by atoms with E-state index >= 15 is 0 Å². The van der Waals surface area contributed by atoms with Gasteiger partial charge in [-0.15, -0.1) is 0 Å². The fraction of sp³-hybridized carbons (Fsp3) is 0. The van der Waals surface area contributed by atoms with E-state index in [1.165, 1.54) is 0 Å². The van der Waals surface area contributed by atoms with E-state index in [0.29, 0.717) is 0 Å². The van der Waals surface area contributed by atoms with Crippen LogP contribution in [0.2, 0.25) is 0 Å². The SMILES string of the molecule is [B]B([B])B(B([B])[B])B(B(B([B])[B])B([B])[B])B(B(B([B])[B])B([B])[B])B(B(B([B])[B])B([B])[B])B(B([B])[B])B([BH])[BH]. The molecule has 0 nitrogen and oxygen atoms in total. The zero-order chi connectivity index (χ0) is 30.4. The van der Waals surface area contributed by atoms with Gasteiger partial charge in [0.15, 0.2) is 0 Å². The average molecular weight is 413 g/mol. The summed E-state index contributed by atoms with van der Waals surface area (Å²) < 4.78 is 0. The maximum absolute atomic E-state index is 6.27. The minimum absolute atomic E-state index is 0.681. The molecule has 0 aliphatic heterocycles. The highest BCUT2D eigenvalue weighted by Gasteiger charge is 2.56. The molecular weight excluding hydrogens is 411 g/mol. The average Bonchev–Trinajstić information content (AvgIpc) is 2.67. The van der Waals surface area contributed by atoms with Crippen molar-refractivity contribution in [1.82, 2.24) is 0 Å². The molecule has 0 aromatic carbocycles. The van der Waals surface area contributed by atoms with Crippen molar-refractivity contribution in [3.05, 3.63) is 0 Å². The van der Waals surface area contributed by atoms with E-state index in [9.17, 15) is 0 Å². The van der Waals surface area contributed by atoms with Crippen molar-refractivity contribution in [1.29, 1.82) is 0 Å². The molecule has 0 saturated carbocycles. The van der Waals surface area contributed by atoms with Crippen LogP contribution >= 0.6 is 0 Å². The van der Waals surface area contributed by atoms with Crippen LogP contribution in [0.4, 0.5) is 0 Å². The number of rotatable bonds is 17. The molecule has 116 valence electrons. The van der Waals surface area contributed by atoms with E-state index in [1.54, 1.807) is 0 Å². The Kier molecular flexibility index (Phi) is 19.5. The maximum Gasteiger partial charge on any atom is 0.0326 e. The van der Waals surface area contributed by atoms with E-state index < -0.39 is 115 Å².